The molecule has 0 spiro atoms. The number of nitrogens with zero attached hydrogens (tertiary/aromatic N) is 2. The van der Waals surface area contributed by atoms with E-state index >= 15 is 0 Å². The van der Waals surface area contributed by atoms with E-state index in [2.05, 4.69) is 63.9 Å². The van der Waals surface area contributed by atoms with Crippen molar-refractivity contribution < 1.29 is 0 Å². The zero-order valence-corrected chi connectivity index (χ0v) is 19.2. The number of guanidine groups is 1. The van der Waals surface area contributed by atoms with Gasteiger partial charge in [0.05, 0.1) is 6.54 Å². The third-order valence-corrected chi connectivity index (χ3v) is 5.90. The predicted molar refractivity (Wildman–Crippen MR) is 127 cm³/mol. The quantitative estimate of drug-likeness (QED) is 0.341. The molecule has 0 saturated carbocycles. The summed E-state index contributed by atoms with van der Waals surface area (Å²) in [7, 11) is 0. The maximum Gasteiger partial charge on any atom is 0.188 e. The molecule has 1 aliphatic heterocycles. The van der Waals surface area contributed by atoms with E-state index in [0.717, 1.165) is 25.4 Å². The van der Waals surface area contributed by atoms with E-state index in [-0.39, 0.29) is 24.0 Å². The van der Waals surface area contributed by atoms with Gasteiger partial charge in [0.1, 0.15) is 0 Å². The Hall–Kier alpha value is -1.12. The number of halogens is 1. The van der Waals surface area contributed by atoms with Gasteiger partial charge in [0.25, 0.3) is 0 Å². The first-order valence-corrected chi connectivity index (χ1v) is 10.4. The summed E-state index contributed by atoms with van der Waals surface area (Å²) < 4.78 is 0. The maximum absolute atomic E-state index is 6.00. The van der Waals surface area contributed by atoms with Gasteiger partial charge in [-0.1, -0.05) is 37.3 Å². The van der Waals surface area contributed by atoms with Gasteiger partial charge in [-0.3, -0.25) is 4.90 Å². The Kier molecular flexibility index (Phi) is 9.58. The molecule has 1 fully saturated rings. The summed E-state index contributed by atoms with van der Waals surface area (Å²) in [5, 5.41) is 5.30. The topological polar surface area (TPSA) is 53.6 Å². The summed E-state index contributed by atoms with van der Waals surface area (Å²) in [6.07, 6.45) is 3.62. The summed E-state index contributed by atoms with van der Waals surface area (Å²) in [6.45, 7) is 7.27. The Morgan fingerprint density at radius 1 is 1.22 bits per heavy atom. The first-order chi connectivity index (χ1) is 12.7. The molecule has 1 saturated heterocycles. The van der Waals surface area contributed by atoms with Gasteiger partial charge in [-0.05, 0) is 60.8 Å². The molecule has 1 aromatic carbocycles. The van der Waals surface area contributed by atoms with E-state index < -0.39 is 0 Å². The number of piperidine rings is 1. The molecule has 0 radical (unpaired) electrons. The highest BCUT2D eigenvalue weighted by molar-refractivity contribution is 14.0. The van der Waals surface area contributed by atoms with E-state index in [4.69, 9.17) is 5.73 Å². The number of nitrogens with two attached hydrogens (primary N) is 1. The highest BCUT2D eigenvalue weighted by Crippen LogP contribution is 2.18. The van der Waals surface area contributed by atoms with Crippen molar-refractivity contribution in [2.45, 2.75) is 39.3 Å². The lowest BCUT2D eigenvalue weighted by molar-refractivity contribution is 0.185. The normalized spacial score (nSPS) is 16.1. The van der Waals surface area contributed by atoms with Crippen LogP contribution in [0.4, 0.5) is 0 Å². The van der Waals surface area contributed by atoms with Crippen LogP contribution in [0.2, 0.25) is 0 Å². The number of likely N-dealkylation sites (tertiary alicyclic amines) is 1. The lowest BCUT2D eigenvalue weighted by Crippen LogP contribution is -2.33. The van der Waals surface area contributed by atoms with E-state index in [1.165, 1.54) is 41.9 Å². The molecule has 0 aliphatic carbocycles. The van der Waals surface area contributed by atoms with E-state index in [1.54, 1.807) is 11.3 Å². The average Bonchev–Trinajstić information content (AvgIpc) is 3.16. The fraction of sp³-hybridized carbons (Fsp3) is 0.476. The molecule has 0 bridgehead atoms. The Labute approximate surface area is 184 Å². The summed E-state index contributed by atoms with van der Waals surface area (Å²) in [5.74, 6) is 1.40. The Morgan fingerprint density at radius 3 is 2.74 bits per heavy atom. The molecule has 2 aromatic rings. The van der Waals surface area contributed by atoms with Crippen molar-refractivity contribution in [3.05, 3.63) is 57.8 Å². The minimum absolute atomic E-state index is 0. The van der Waals surface area contributed by atoms with Crippen LogP contribution in [0.3, 0.4) is 0 Å². The van der Waals surface area contributed by atoms with Gasteiger partial charge in [0.2, 0.25) is 0 Å². The van der Waals surface area contributed by atoms with Gasteiger partial charge in [-0.15, -0.1) is 35.3 Å². The first kappa shape index (κ1) is 22.2. The van der Waals surface area contributed by atoms with Gasteiger partial charge in [-0.2, -0.15) is 0 Å². The van der Waals surface area contributed by atoms with Crippen LogP contribution in [0, 0.1) is 5.92 Å². The Morgan fingerprint density at radius 2 is 2.00 bits per heavy atom. The molecule has 3 rings (SSSR count). The zero-order valence-electron chi connectivity index (χ0n) is 16.1. The Balaban J connectivity index is 0.00000261. The Bertz CT molecular complexity index is 694. The molecule has 0 atom stereocenters. The number of hydrogen-bond donors (Lipinski definition) is 2. The highest BCUT2D eigenvalue weighted by Gasteiger charge is 2.15. The van der Waals surface area contributed by atoms with Crippen LogP contribution in [-0.2, 0) is 19.5 Å². The lowest BCUT2D eigenvalue weighted by atomic mass is 9.98. The largest absolute Gasteiger partial charge is 0.370 e. The molecule has 148 valence electrons. The summed E-state index contributed by atoms with van der Waals surface area (Å²) in [6, 6.07) is 13.0. The van der Waals surface area contributed by atoms with Crippen LogP contribution in [0.25, 0.3) is 0 Å². The molecular weight excluding hydrogens is 467 g/mol. The van der Waals surface area contributed by atoms with Crippen LogP contribution in [0.15, 0.2) is 46.8 Å². The first-order valence-electron chi connectivity index (χ1n) is 9.55. The van der Waals surface area contributed by atoms with E-state index in [1.807, 2.05) is 0 Å². The van der Waals surface area contributed by atoms with Crippen molar-refractivity contribution in [1.82, 2.24) is 10.2 Å². The van der Waals surface area contributed by atoms with Crippen molar-refractivity contribution in [3.8, 4) is 0 Å². The fourth-order valence-corrected chi connectivity index (χ4v) is 4.01. The van der Waals surface area contributed by atoms with E-state index in [9.17, 15) is 0 Å². The molecule has 1 aliphatic rings. The monoisotopic (exact) mass is 498 g/mol. The van der Waals surface area contributed by atoms with E-state index in [0.29, 0.717) is 12.5 Å². The molecule has 1 aromatic heterocycles. The molecule has 6 heteroatoms. The van der Waals surface area contributed by atoms with Gasteiger partial charge in [0.15, 0.2) is 5.96 Å². The van der Waals surface area contributed by atoms with Gasteiger partial charge in [0, 0.05) is 18.0 Å². The molecule has 2 heterocycles. The smallest absolute Gasteiger partial charge is 0.188 e. The number of benzene rings is 1. The molecule has 0 amide bonds. The second-order valence-electron chi connectivity index (χ2n) is 7.24. The number of nitrogens with one attached hydrogen (secondary N) is 1. The van der Waals surface area contributed by atoms with Crippen molar-refractivity contribution >= 4 is 41.3 Å². The van der Waals surface area contributed by atoms with Crippen molar-refractivity contribution in [1.29, 1.82) is 0 Å². The maximum atomic E-state index is 6.00. The highest BCUT2D eigenvalue weighted by atomic mass is 127. The zero-order chi connectivity index (χ0) is 18.2. The minimum atomic E-state index is 0. The molecular formula is C21H31IN4S. The van der Waals surface area contributed by atoms with Crippen LogP contribution in [0.1, 0.15) is 35.8 Å². The second-order valence-corrected chi connectivity index (χ2v) is 8.27. The van der Waals surface area contributed by atoms with Crippen LogP contribution >= 0.6 is 35.3 Å². The molecule has 4 nitrogen and oxygen atoms in total. The number of rotatable bonds is 7. The summed E-state index contributed by atoms with van der Waals surface area (Å²) >= 11 is 1.78. The van der Waals surface area contributed by atoms with Gasteiger partial charge in [-0.25, -0.2) is 4.99 Å². The van der Waals surface area contributed by atoms with Gasteiger partial charge >= 0.3 is 0 Å². The third-order valence-electron chi connectivity index (χ3n) is 4.96. The summed E-state index contributed by atoms with van der Waals surface area (Å²) in [4.78, 5) is 8.41. The number of thiophene rings is 1. The number of aliphatic imine (C=N–C) groups is 1. The standard InChI is InChI=1S/C21H30N4S.HI/c1-17-8-11-25(12-9-17)16-19-5-2-4-18(14-19)15-24-21(22)23-10-7-20-6-3-13-26-20;/h2-6,13-14,17H,7-12,15-16H2,1H3,(H3,22,23,24);1H. The second kappa shape index (κ2) is 11.7. The van der Waals surface area contributed by atoms with Crippen LogP contribution in [0.5, 0.6) is 0 Å². The lowest BCUT2D eigenvalue weighted by Gasteiger charge is -2.30. The van der Waals surface area contributed by atoms with Crippen molar-refractivity contribution in [2.75, 3.05) is 19.6 Å². The van der Waals surface area contributed by atoms with Crippen molar-refractivity contribution in [2.24, 2.45) is 16.6 Å². The fourth-order valence-electron chi connectivity index (χ4n) is 3.31. The predicted octanol–water partition coefficient (Wildman–Crippen LogP) is 4.25. The van der Waals surface area contributed by atoms with Crippen LogP contribution < -0.4 is 11.1 Å². The average molecular weight is 498 g/mol. The minimum Gasteiger partial charge on any atom is -0.370 e. The molecule has 0 unspecified atom stereocenters. The van der Waals surface area contributed by atoms with Gasteiger partial charge < -0.3 is 11.1 Å². The third kappa shape index (κ3) is 7.79. The van der Waals surface area contributed by atoms with Crippen LogP contribution in [-0.4, -0.2) is 30.5 Å². The SMILES string of the molecule is CC1CCN(Cc2cccc(CN=C(N)NCCc3cccs3)c2)CC1.I. The summed E-state index contributed by atoms with van der Waals surface area (Å²) in [5.41, 5.74) is 8.59. The molecule has 3 N–H and O–H groups in total. The molecule has 27 heavy (non-hydrogen) atoms. The van der Waals surface area contributed by atoms with Crippen molar-refractivity contribution in [3.63, 3.8) is 0 Å². The number of hydrogen-bond acceptors (Lipinski definition) is 3.